The molecule has 19 heavy (non-hydrogen) atoms. The molecule has 0 saturated carbocycles. The van der Waals surface area contributed by atoms with Crippen LogP contribution in [0.15, 0.2) is 54.6 Å². The smallest absolute Gasteiger partial charge is 0.164 e. The first-order valence-electron chi connectivity index (χ1n) is 6.22. The van der Waals surface area contributed by atoms with Gasteiger partial charge in [0.25, 0.3) is 0 Å². The molecule has 0 spiro atoms. The number of rotatable bonds is 5. The quantitative estimate of drug-likeness (QED) is 0.766. The van der Waals surface area contributed by atoms with Gasteiger partial charge in [0, 0.05) is 36.3 Å². The van der Waals surface area contributed by atoms with Crippen LogP contribution in [-0.4, -0.2) is 19.4 Å². The van der Waals surface area contributed by atoms with Gasteiger partial charge in [-0.2, -0.15) is 0 Å². The van der Waals surface area contributed by atoms with E-state index in [0.717, 1.165) is 5.69 Å². The fraction of sp³-hybridized carbons (Fsp3) is 0.188. The minimum absolute atomic E-state index is 0.116. The van der Waals surface area contributed by atoms with E-state index in [0.29, 0.717) is 23.6 Å². The van der Waals surface area contributed by atoms with E-state index in [1.165, 1.54) is 0 Å². The molecule has 3 heteroatoms. The lowest BCUT2D eigenvalue weighted by atomic mass is 10.1. The monoisotopic (exact) mass is 273 g/mol. The second-order valence-corrected chi connectivity index (χ2v) is 4.88. The van der Waals surface area contributed by atoms with Crippen molar-refractivity contribution in [1.82, 2.24) is 0 Å². The van der Waals surface area contributed by atoms with Gasteiger partial charge >= 0.3 is 0 Å². The van der Waals surface area contributed by atoms with Gasteiger partial charge in [-0.1, -0.05) is 41.9 Å². The van der Waals surface area contributed by atoms with Crippen LogP contribution in [0.5, 0.6) is 0 Å². The van der Waals surface area contributed by atoms with Gasteiger partial charge in [0.1, 0.15) is 0 Å². The van der Waals surface area contributed by atoms with Gasteiger partial charge in [-0.05, 0) is 24.3 Å². The van der Waals surface area contributed by atoms with Gasteiger partial charge in [0.15, 0.2) is 5.78 Å². The summed E-state index contributed by atoms with van der Waals surface area (Å²) in [5, 5.41) is 0.599. The van der Waals surface area contributed by atoms with E-state index >= 15 is 0 Å². The molecule has 2 aromatic rings. The van der Waals surface area contributed by atoms with Gasteiger partial charge in [0.2, 0.25) is 0 Å². The maximum absolute atomic E-state index is 12.0. The number of carbonyl (C=O) groups is 1. The molecule has 0 saturated heterocycles. The summed E-state index contributed by atoms with van der Waals surface area (Å²) in [5.74, 6) is 0.116. The number of halogens is 1. The van der Waals surface area contributed by atoms with E-state index in [9.17, 15) is 4.79 Å². The highest BCUT2D eigenvalue weighted by Crippen LogP contribution is 2.14. The number of para-hydroxylation sites is 1. The SMILES string of the molecule is CN(CCC(=O)c1cccc(Cl)c1)c1ccccc1. The van der Waals surface area contributed by atoms with E-state index < -0.39 is 0 Å². The number of hydrogen-bond donors (Lipinski definition) is 0. The largest absolute Gasteiger partial charge is 0.374 e. The Morgan fingerprint density at radius 3 is 2.53 bits per heavy atom. The first kappa shape index (κ1) is 13.6. The lowest BCUT2D eigenvalue weighted by Gasteiger charge is -2.18. The van der Waals surface area contributed by atoms with Crippen molar-refractivity contribution in [1.29, 1.82) is 0 Å². The number of Topliss-reactive ketones (excluding diaryl/α,β-unsaturated/α-hetero) is 1. The molecule has 0 aliphatic carbocycles. The van der Waals surface area contributed by atoms with Crippen LogP contribution in [0.4, 0.5) is 5.69 Å². The van der Waals surface area contributed by atoms with Crippen LogP contribution >= 0.6 is 11.6 Å². The number of ketones is 1. The predicted octanol–water partition coefficient (Wildman–Crippen LogP) is 4.05. The Morgan fingerprint density at radius 2 is 1.84 bits per heavy atom. The molecule has 0 fully saturated rings. The van der Waals surface area contributed by atoms with Crippen LogP contribution in [0, 0.1) is 0 Å². The van der Waals surface area contributed by atoms with Crippen molar-refractivity contribution in [2.24, 2.45) is 0 Å². The summed E-state index contributed by atoms with van der Waals surface area (Å²) >= 11 is 5.88. The molecule has 2 nitrogen and oxygen atoms in total. The molecule has 0 heterocycles. The first-order chi connectivity index (χ1) is 9.16. The van der Waals surface area contributed by atoms with Crippen molar-refractivity contribution < 1.29 is 4.79 Å². The average Bonchev–Trinajstić information content (AvgIpc) is 2.45. The number of carbonyl (C=O) groups excluding carboxylic acids is 1. The normalized spacial score (nSPS) is 10.2. The fourth-order valence-electron chi connectivity index (χ4n) is 1.89. The van der Waals surface area contributed by atoms with Crippen LogP contribution in [0.1, 0.15) is 16.8 Å². The summed E-state index contributed by atoms with van der Waals surface area (Å²) in [5.41, 5.74) is 1.79. The van der Waals surface area contributed by atoms with E-state index in [1.54, 1.807) is 24.3 Å². The van der Waals surface area contributed by atoms with Crippen LogP contribution < -0.4 is 4.90 Å². The zero-order valence-corrected chi connectivity index (χ0v) is 11.6. The molecule has 0 amide bonds. The third kappa shape index (κ3) is 3.83. The molecule has 0 aliphatic heterocycles. The molecule has 0 aliphatic rings. The Bertz CT molecular complexity index is 554. The minimum Gasteiger partial charge on any atom is -0.374 e. The first-order valence-corrected chi connectivity index (χ1v) is 6.59. The molecule has 2 rings (SSSR count). The van der Waals surface area contributed by atoms with Crippen LogP contribution in [0.2, 0.25) is 5.02 Å². The van der Waals surface area contributed by atoms with Gasteiger partial charge < -0.3 is 4.90 Å². The van der Waals surface area contributed by atoms with Crippen molar-refractivity contribution in [2.75, 3.05) is 18.5 Å². The Hall–Kier alpha value is -1.80. The molecule has 0 atom stereocenters. The van der Waals surface area contributed by atoms with Gasteiger partial charge in [-0.3, -0.25) is 4.79 Å². The molecular weight excluding hydrogens is 258 g/mol. The number of nitrogens with zero attached hydrogens (tertiary/aromatic N) is 1. The predicted molar refractivity (Wildman–Crippen MR) is 80.1 cm³/mol. The van der Waals surface area contributed by atoms with Crippen molar-refractivity contribution in [2.45, 2.75) is 6.42 Å². The van der Waals surface area contributed by atoms with Crippen molar-refractivity contribution in [3.63, 3.8) is 0 Å². The second kappa shape index (κ2) is 6.39. The maximum Gasteiger partial charge on any atom is 0.164 e. The summed E-state index contributed by atoms with van der Waals surface area (Å²) in [6.07, 6.45) is 0.478. The van der Waals surface area contributed by atoms with Gasteiger partial charge in [-0.25, -0.2) is 0 Å². The minimum atomic E-state index is 0.116. The van der Waals surface area contributed by atoms with Crippen molar-refractivity contribution >= 4 is 23.1 Å². The van der Waals surface area contributed by atoms with E-state index in [-0.39, 0.29) is 5.78 Å². The highest BCUT2D eigenvalue weighted by molar-refractivity contribution is 6.31. The zero-order chi connectivity index (χ0) is 13.7. The third-order valence-electron chi connectivity index (χ3n) is 3.02. The zero-order valence-electron chi connectivity index (χ0n) is 10.8. The Kier molecular flexibility index (Phi) is 4.58. The molecule has 0 N–H and O–H groups in total. The van der Waals surface area contributed by atoms with Gasteiger partial charge in [0.05, 0.1) is 0 Å². The van der Waals surface area contributed by atoms with E-state index in [4.69, 9.17) is 11.6 Å². The van der Waals surface area contributed by atoms with E-state index in [1.807, 2.05) is 37.4 Å². The van der Waals surface area contributed by atoms with Crippen LogP contribution in [0.3, 0.4) is 0 Å². The summed E-state index contributed by atoms with van der Waals surface area (Å²) in [7, 11) is 1.99. The molecule has 0 radical (unpaired) electrons. The topological polar surface area (TPSA) is 20.3 Å². The Balaban J connectivity index is 1.94. The molecular formula is C16H16ClNO. The molecule has 2 aromatic carbocycles. The van der Waals surface area contributed by atoms with Crippen LogP contribution in [0.25, 0.3) is 0 Å². The third-order valence-corrected chi connectivity index (χ3v) is 3.25. The summed E-state index contributed by atoms with van der Waals surface area (Å²) in [4.78, 5) is 14.1. The Morgan fingerprint density at radius 1 is 1.11 bits per heavy atom. The van der Waals surface area contributed by atoms with Crippen molar-refractivity contribution in [3.05, 3.63) is 65.2 Å². The fourth-order valence-corrected chi connectivity index (χ4v) is 2.08. The number of benzene rings is 2. The average molecular weight is 274 g/mol. The summed E-state index contributed by atoms with van der Waals surface area (Å²) in [6.45, 7) is 0.690. The van der Waals surface area contributed by atoms with E-state index in [2.05, 4.69) is 4.90 Å². The summed E-state index contributed by atoms with van der Waals surface area (Å²) in [6, 6.07) is 17.1. The molecule has 0 bridgehead atoms. The van der Waals surface area contributed by atoms with Gasteiger partial charge in [-0.15, -0.1) is 0 Å². The summed E-state index contributed by atoms with van der Waals surface area (Å²) < 4.78 is 0. The lowest BCUT2D eigenvalue weighted by Crippen LogP contribution is -2.21. The molecule has 0 aromatic heterocycles. The Labute approximate surface area is 118 Å². The maximum atomic E-state index is 12.0. The highest BCUT2D eigenvalue weighted by atomic mass is 35.5. The molecule has 0 unspecified atom stereocenters. The highest BCUT2D eigenvalue weighted by Gasteiger charge is 2.08. The van der Waals surface area contributed by atoms with Crippen LogP contribution in [-0.2, 0) is 0 Å². The number of hydrogen-bond acceptors (Lipinski definition) is 2. The van der Waals surface area contributed by atoms with Crippen molar-refractivity contribution in [3.8, 4) is 0 Å². The standard InChI is InChI=1S/C16H16ClNO/c1-18(15-8-3-2-4-9-15)11-10-16(19)13-6-5-7-14(17)12-13/h2-9,12H,10-11H2,1H3. The molecule has 98 valence electrons. The number of anilines is 1. The second-order valence-electron chi connectivity index (χ2n) is 4.44. The lowest BCUT2D eigenvalue weighted by molar-refractivity contribution is 0.0985.